The Morgan fingerprint density at radius 2 is 2.17 bits per heavy atom. The Kier molecular flexibility index (Phi) is 3.43. The summed E-state index contributed by atoms with van der Waals surface area (Å²) in [6, 6.07) is 8.73. The number of carboxylic acids is 1. The van der Waals surface area contributed by atoms with E-state index in [1.807, 2.05) is 24.3 Å². The highest BCUT2D eigenvalue weighted by Gasteiger charge is 2.15. The van der Waals surface area contributed by atoms with Gasteiger partial charge in [-0.3, -0.25) is 0 Å². The SMILES string of the molecule is CC(O)Cc1ccccc1-c1cc(C(=O)O)no1. The summed E-state index contributed by atoms with van der Waals surface area (Å²) in [4.78, 5) is 10.7. The molecular formula is C13H13NO4. The lowest BCUT2D eigenvalue weighted by molar-refractivity contribution is 0.0686. The molecule has 0 amide bonds. The number of rotatable bonds is 4. The molecule has 0 aliphatic heterocycles. The average molecular weight is 247 g/mol. The van der Waals surface area contributed by atoms with E-state index in [4.69, 9.17) is 9.63 Å². The molecule has 18 heavy (non-hydrogen) atoms. The Morgan fingerprint density at radius 1 is 1.44 bits per heavy atom. The normalized spacial score (nSPS) is 12.3. The summed E-state index contributed by atoms with van der Waals surface area (Å²) >= 11 is 0. The molecule has 0 aliphatic carbocycles. The monoisotopic (exact) mass is 247 g/mol. The zero-order valence-electron chi connectivity index (χ0n) is 9.83. The summed E-state index contributed by atoms with van der Waals surface area (Å²) in [5.74, 6) is -0.735. The van der Waals surface area contributed by atoms with Crippen LogP contribution in [0.15, 0.2) is 34.9 Å². The van der Waals surface area contributed by atoms with Gasteiger partial charge in [0.1, 0.15) is 0 Å². The van der Waals surface area contributed by atoms with Crippen molar-refractivity contribution in [3.8, 4) is 11.3 Å². The molecule has 0 spiro atoms. The molecule has 0 fully saturated rings. The fourth-order valence-electron chi connectivity index (χ4n) is 1.76. The van der Waals surface area contributed by atoms with Crippen molar-refractivity contribution >= 4 is 5.97 Å². The maximum atomic E-state index is 10.7. The van der Waals surface area contributed by atoms with Crippen LogP contribution >= 0.6 is 0 Å². The number of hydrogen-bond acceptors (Lipinski definition) is 4. The van der Waals surface area contributed by atoms with E-state index in [9.17, 15) is 9.90 Å². The highest BCUT2D eigenvalue weighted by atomic mass is 16.5. The van der Waals surface area contributed by atoms with E-state index in [1.54, 1.807) is 6.92 Å². The van der Waals surface area contributed by atoms with Gasteiger partial charge in [-0.15, -0.1) is 0 Å². The minimum atomic E-state index is -1.13. The zero-order chi connectivity index (χ0) is 13.1. The third kappa shape index (κ3) is 2.57. The van der Waals surface area contributed by atoms with Gasteiger partial charge in [0.25, 0.3) is 0 Å². The quantitative estimate of drug-likeness (QED) is 0.862. The van der Waals surface area contributed by atoms with Crippen LogP contribution in [0.1, 0.15) is 23.0 Å². The van der Waals surface area contributed by atoms with Crippen molar-refractivity contribution in [2.75, 3.05) is 0 Å². The van der Waals surface area contributed by atoms with Gasteiger partial charge in [0.2, 0.25) is 0 Å². The predicted molar refractivity (Wildman–Crippen MR) is 64.3 cm³/mol. The number of nitrogens with zero attached hydrogens (tertiary/aromatic N) is 1. The minimum Gasteiger partial charge on any atom is -0.476 e. The summed E-state index contributed by atoms with van der Waals surface area (Å²) in [7, 11) is 0. The van der Waals surface area contributed by atoms with Crippen molar-refractivity contribution in [2.45, 2.75) is 19.4 Å². The summed E-state index contributed by atoms with van der Waals surface area (Å²) in [6.07, 6.45) is -0.00718. The van der Waals surface area contributed by atoms with E-state index in [-0.39, 0.29) is 5.69 Å². The molecule has 1 aromatic carbocycles. The highest BCUT2D eigenvalue weighted by molar-refractivity contribution is 5.86. The van der Waals surface area contributed by atoms with Crippen molar-refractivity contribution in [3.63, 3.8) is 0 Å². The summed E-state index contributed by atoms with van der Waals surface area (Å²) in [5, 5.41) is 21.7. The lowest BCUT2D eigenvalue weighted by Gasteiger charge is -2.08. The number of benzene rings is 1. The van der Waals surface area contributed by atoms with Gasteiger partial charge in [-0.1, -0.05) is 29.4 Å². The van der Waals surface area contributed by atoms with Crippen LogP contribution in [0.4, 0.5) is 0 Å². The second kappa shape index (κ2) is 5.01. The van der Waals surface area contributed by atoms with E-state index in [2.05, 4.69) is 5.16 Å². The number of aliphatic hydroxyl groups excluding tert-OH is 1. The third-order valence-electron chi connectivity index (χ3n) is 2.53. The van der Waals surface area contributed by atoms with Crippen LogP contribution in [0.25, 0.3) is 11.3 Å². The van der Waals surface area contributed by atoms with Crippen LogP contribution in [-0.2, 0) is 6.42 Å². The number of aliphatic hydroxyl groups is 1. The number of carboxylic acid groups (broad SMARTS) is 1. The number of aromatic carboxylic acids is 1. The molecule has 1 unspecified atom stereocenters. The lowest BCUT2D eigenvalue weighted by atomic mass is 10.0. The topological polar surface area (TPSA) is 83.6 Å². The molecule has 2 N–H and O–H groups in total. The highest BCUT2D eigenvalue weighted by Crippen LogP contribution is 2.25. The first kappa shape index (κ1) is 12.3. The van der Waals surface area contributed by atoms with Crippen LogP contribution in [-0.4, -0.2) is 27.4 Å². The van der Waals surface area contributed by atoms with Crippen molar-refractivity contribution < 1.29 is 19.5 Å². The molecule has 1 atom stereocenters. The van der Waals surface area contributed by atoms with Gasteiger partial charge >= 0.3 is 5.97 Å². The van der Waals surface area contributed by atoms with Gasteiger partial charge in [0, 0.05) is 11.6 Å². The van der Waals surface area contributed by atoms with Crippen molar-refractivity contribution in [2.24, 2.45) is 0 Å². The van der Waals surface area contributed by atoms with Crippen molar-refractivity contribution in [3.05, 3.63) is 41.6 Å². The fraction of sp³-hybridized carbons (Fsp3) is 0.231. The van der Waals surface area contributed by atoms with Gasteiger partial charge in [-0.2, -0.15) is 0 Å². The van der Waals surface area contributed by atoms with E-state index in [0.29, 0.717) is 12.2 Å². The average Bonchev–Trinajstić information content (AvgIpc) is 2.78. The largest absolute Gasteiger partial charge is 0.476 e. The maximum Gasteiger partial charge on any atom is 0.358 e. The Balaban J connectivity index is 2.39. The predicted octanol–water partition coefficient (Wildman–Crippen LogP) is 1.96. The van der Waals surface area contributed by atoms with Crippen LogP contribution in [0.5, 0.6) is 0 Å². The molecule has 0 saturated carbocycles. The van der Waals surface area contributed by atoms with Gasteiger partial charge in [0.05, 0.1) is 6.10 Å². The van der Waals surface area contributed by atoms with Crippen LogP contribution < -0.4 is 0 Å². The molecule has 94 valence electrons. The first-order valence-electron chi connectivity index (χ1n) is 5.54. The molecule has 0 aliphatic rings. The maximum absolute atomic E-state index is 10.7. The molecule has 1 aromatic heterocycles. The minimum absolute atomic E-state index is 0.128. The van der Waals surface area contributed by atoms with Gasteiger partial charge in [-0.05, 0) is 18.9 Å². The Bertz CT molecular complexity index is 560. The number of hydrogen-bond donors (Lipinski definition) is 2. The third-order valence-corrected chi connectivity index (χ3v) is 2.53. The van der Waals surface area contributed by atoms with Crippen LogP contribution in [0.2, 0.25) is 0 Å². The van der Waals surface area contributed by atoms with Gasteiger partial charge in [-0.25, -0.2) is 4.79 Å². The second-order valence-corrected chi connectivity index (χ2v) is 4.09. The molecule has 1 heterocycles. The summed E-state index contributed by atoms with van der Waals surface area (Å²) in [6.45, 7) is 1.69. The van der Waals surface area contributed by atoms with Crippen LogP contribution in [0.3, 0.4) is 0 Å². The Labute approximate surface area is 104 Å². The smallest absolute Gasteiger partial charge is 0.358 e. The zero-order valence-corrected chi connectivity index (χ0v) is 9.83. The second-order valence-electron chi connectivity index (χ2n) is 4.09. The van der Waals surface area contributed by atoms with E-state index < -0.39 is 12.1 Å². The van der Waals surface area contributed by atoms with Gasteiger partial charge < -0.3 is 14.7 Å². The lowest BCUT2D eigenvalue weighted by Crippen LogP contribution is -2.05. The molecule has 5 nitrogen and oxygen atoms in total. The molecule has 2 rings (SSSR count). The fourth-order valence-corrected chi connectivity index (χ4v) is 1.76. The van der Waals surface area contributed by atoms with E-state index in [0.717, 1.165) is 11.1 Å². The van der Waals surface area contributed by atoms with Crippen molar-refractivity contribution in [1.82, 2.24) is 5.16 Å². The first-order valence-corrected chi connectivity index (χ1v) is 5.54. The summed E-state index contributed by atoms with van der Waals surface area (Å²) in [5.41, 5.74) is 1.51. The van der Waals surface area contributed by atoms with Crippen LogP contribution in [0, 0.1) is 0 Å². The van der Waals surface area contributed by atoms with Crippen molar-refractivity contribution in [1.29, 1.82) is 0 Å². The molecule has 5 heteroatoms. The molecular weight excluding hydrogens is 234 g/mol. The summed E-state index contributed by atoms with van der Waals surface area (Å²) < 4.78 is 5.02. The van der Waals surface area contributed by atoms with Gasteiger partial charge in [0.15, 0.2) is 11.5 Å². The molecule has 0 radical (unpaired) electrons. The number of aromatic nitrogens is 1. The standard InChI is InChI=1S/C13H13NO4/c1-8(15)6-9-4-2-3-5-10(9)12-7-11(13(16)17)14-18-12/h2-5,7-8,15H,6H2,1H3,(H,16,17). The molecule has 0 saturated heterocycles. The molecule has 0 bridgehead atoms. The Hall–Kier alpha value is -2.14. The first-order chi connectivity index (χ1) is 8.58. The molecule has 2 aromatic rings. The Morgan fingerprint density at radius 3 is 2.78 bits per heavy atom. The van der Waals surface area contributed by atoms with E-state index in [1.165, 1.54) is 6.07 Å². The number of carbonyl (C=O) groups is 1. The van der Waals surface area contributed by atoms with E-state index >= 15 is 0 Å².